The van der Waals surface area contributed by atoms with Gasteiger partial charge < -0.3 is 9.47 Å². The summed E-state index contributed by atoms with van der Waals surface area (Å²) in [6, 6.07) is 37.3. The first-order valence-electron chi connectivity index (χ1n) is 17.0. The fraction of sp³-hybridized carbons (Fsp3) is 0.156. The minimum Gasteiger partial charge on any atom is -0.497 e. The molecule has 9 rings (SSSR count). The van der Waals surface area contributed by atoms with E-state index in [2.05, 4.69) is 80.6 Å². The van der Waals surface area contributed by atoms with Crippen molar-refractivity contribution in [2.24, 2.45) is 0 Å². The molecular formula is C45H34F2O2. The van der Waals surface area contributed by atoms with Gasteiger partial charge in [0.1, 0.15) is 23.1 Å². The van der Waals surface area contributed by atoms with Crippen molar-refractivity contribution >= 4 is 38.4 Å². The monoisotopic (exact) mass is 644 g/mol. The van der Waals surface area contributed by atoms with Gasteiger partial charge in [0.25, 0.3) is 0 Å². The van der Waals surface area contributed by atoms with E-state index in [9.17, 15) is 4.39 Å². The normalized spacial score (nSPS) is 17.2. The number of methoxy groups -OCH3 is 1. The first-order chi connectivity index (χ1) is 23.9. The van der Waals surface area contributed by atoms with Crippen LogP contribution in [0.2, 0.25) is 0 Å². The lowest BCUT2D eigenvalue weighted by Crippen LogP contribution is -2.35. The zero-order valence-corrected chi connectivity index (χ0v) is 27.6. The molecule has 2 aliphatic rings. The van der Waals surface area contributed by atoms with Crippen LogP contribution in [0.4, 0.5) is 8.78 Å². The van der Waals surface area contributed by atoms with E-state index >= 15 is 4.39 Å². The van der Waals surface area contributed by atoms with Crippen LogP contribution in [0.15, 0.2) is 121 Å². The molecule has 4 heteroatoms. The summed E-state index contributed by atoms with van der Waals surface area (Å²) in [6.45, 7) is 4.34. The van der Waals surface area contributed by atoms with E-state index in [1.165, 1.54) is 22.9 Å². The van der Waals surface area contributed by atoms with E-state index in [1.54, 1.807) is 19.2 Å². The Morgan fingerprint density at radius 3 is 2.14 bits per heavy atom. The highest BCUT2D eigenvalue weighted by Gasteiger charge is 2.47. The van der Waals surface area contributed by atoms with Crippen LogP contribution in [0.25, 0.3) is 49.5 Å². The molecule has 49 heavy (non-hydrogen) atoms. The molecular weight excluding hydrogens is 610 g/mol. The first-order valence-corrected chi connectivity index (χ1v) is 17.0. The van der Waals surface area contributed by atoms with E-state index in [0.717, 1.165) is 73.7 Å². The van der Waals surface area contributed by atoms with Gasteiger partial charge in [-0.2, -0.15) is 0 Å². The smallest absolute Gasteiger partial charge is 0.178 e. The highest BCUT2D eigenvalue weighted by atomic mass is 19.1. The van der Waals surface area contributed by atoms with Crippen LogP contribution in [0.3, 0.4) is 0 Å². The molecule has 0 saturated carbocycles. The molecule has 0 spiro atoms. The Hall–Kier alpha value is -5.48. The molecule has 0 N–H and O–H groups in total. The summed E-state index contributed by atoms with van der Waals surface area (Å²) in [5.41, 5.74) is 5.47. The number of halogens is 2. The third-order valence-corrected chi connectivity index (χ3v) is 11.2. The van der Waals surface area contributed by atoms with Gasteiger partial charge in [-0.1, -0.05) is 92.7 Å². The number of ether oxygens (including phenoxy) is 2. The molecule has 1 heterocycles. The van der Waals surface area contributed by atoms with Gasteiger partial charge in [-0.3, -0.25) is 0 Å². The summed E-state index contributed by atoms with van der Waals surface area (Å²) in [4.78, 5) is 0. The predicted molar refractivity (Wildman–Crippen MR) is 196 cm³/mol. The second-order valence-electron chi connectivity index (χ2n) is 13.3. The average molecular weight is 645 g/mol. The fourth-order valence-corrected chi connectivity index (χ4v) is 8.70. The van der Waals surface area contributed by atoms with Crippen LogP contribution < -0.4 is 9.47 Å². The SMILES string of the molecule is CCC1(CC)c2cc(F)ccc2-c2c1c1c(c3cc(F)ccc23)OC(c2ccc(OC)cc2)(c2ccc3c(ccc4ccccc43)c2)C=C1. The predicted octanol–water partition coefficient (Wildman–Crippen LogP) is 11.9. The number of fused-ring (bicyclic) bond motifs is 11. The van der Waals surface area contributed by atoms with E-state index in [-0.39, 0.29) is 11.6 Å². The van der Waals surface area contributed by atoms with Crippen molar-refractivity contribution in [3.63, 3.8) is 0 Å². The van der Waals surface area contributed by atoms with Crippen LogP contribution in [0, 0.1) is 11.6 Å². The Kier molecular flexibility index (Phi) is 6.51. The molecule has 1 unspecified atom stereocenters. The summed E-state index contributed by atoms with van der Waals surface area (Å²) < 4.78 is 43.2. The number of rotatable bonds is 5. The van der Waals surface area contributed by atoms with Crippen LogP contribution in [0.1, 0.15) is 54.5 Å². The lowest BCUT2D eigenvalue weighted by Gasteiger charge is -2.39. The Morgan fingerprint density at radius 2 is 1.35 bits per heavy atom. The maximum Gasteiger partial charge on any atom is 0.178 e. The van der Waals surface area contributed by atoms with Crippen molar-refractivity contribution in [3.8, 4) is 22.6 Å². The van der Waals surface area contributed by atoms with Crippen molar-refractivity contribution in [2.75, 3.05) is 7.11 Å². The highest BCUT2D eigenvalue weighted by molar-refractivity contribution is 6.09. The third kappa shape index (κ3) is 4.10. The van der Waals surface area contributed by atoms with Crippen molar-refractivity contribution in [1.82, 2.24) is 0 Å². The van der Waals surface area contributed by atoms with Gasteiger partial charge in [-0.15, -0.1) is 0 Å². The van der Waals surface area contributed by atoms with E-state index < -0.39 is 11.0 Å². The molecule has 1 aliphatic heterocycles. The van der Waals surface area contributed by atoms with Gasteiger partial charge in [-0.25, -0.2) is 8.78 Å². The van der Waals surface area contributed by atoms with Gasteiger partial charge in [0.15, 0.2) is 5.60 Å². The summed E-state index contributed by atoms with van der Waals surface area (Å²) in [6.07, 6.45) is 5.87. The Balaban J connectivity index is 1.35. The topological polar surface area (TPSA) is 18.5 Å². The highest BCUT2D eigenvalue weighted by Crippen LogP contribution is 2.60. The average Bonchev–Trinajstić information content (AvgIpc) is 3.44. The van der Waals surface area contributed by atoms with Crippen molar-refractivity contribution < 1.29 is 18.3 Å². The van der Waals surface area contributed by atoms with Crippen molar-refractivity contribution in [1.29, 1.82) is 0 Å². The van der Waals surface area contributed by atoms with Gasteiger partial charge in [0, 0.05) is 27.5 Å². The Morgan fingerprint density at radius 1 is 0.653 bits per heavy atom. The van der Waals surface area contributed by atoms with Gasteiger partial charge >= 0.3 is 0 Å². The molecule has 7 aromatic carbocycles. The molecule has 0 amide bonds. The summed E-state index contributed by atoms with van der Waals surface area (Å²) >= 11 is 0. The summed E-state index contributed by atoms with van der Waals surface area (Å²) in [7, 11) is 1.66. The molecule has 2 nitrogen and oxygen atoms in total. The van der Waals surface area contributed by atoms with Gasteiger partial charge in [0.05, 0.1) is 7.11 Å². The van der Waals surface area contributed by atoms with Crippen LogP contribution >= 0.6 is 0 Å². The number of hydrogen-bond acceptors (Lipinski definition) is 2. The first kappa shape index (κ1) is 29.6. The second-order valence-corrected chi connectivity index (χ2v) is 13.3. The fourth-order valence-electron chi connectivity index (χ4n) is 8.70. The summed E-state index contributed by atoms with van der Waals surface area (Å²) in [5, 5.41) is 6.24. The lowest BCUT2D eigenvalue weighted by atomic mass is 9.71. The molecule has 0 bridgehead atoms. The Bertz CT molecular complexity index is 2510. The molecule has 0 saturated heterocycles. The molecule has 1 atom stereocenters. The van der Waals surface area contributed by atoms with Crippen molar-refractivity contribution in [3.05, 3.63) is 161 Å². The van der Waals surface area contributed by atoms with Gasteiger partial charge in [-0.05, 0) is 111 Å². The second kappa shape index (κ2) is 10.8. The maximum absolute atomic E-state index is 15.3. The van der Waals surface area contributed by atoms with Crippen LogP contribution in [-0.2, 0) is 11.0 Å². The van der Waals surface area contributed by atoms with E-state index in [4.69, 9.17) is 9.47 Å². The minimum atomic E-state index is -1.04. The Labute approximate surface area is 284 Å². The maximum atomic E-state index is 15.3. The zero-order valence-electron chi connectivity index (χ0n) is 27.6. The molecule has 240 valence electrons. The molecule has 0 aromatic heterocycles. The molecule has 7 aromatic rings. The van der Waals surface area contributed by atoms with Crippen LogP contribution in [0.5, 0.6) is 11.5 Å². The standard InChI is InChI=1S/C45H34F2O2/c1-4-44(5-2)40-26-32(47)16-21-37(40)41-36-20-15-31(46)25-39(36)43-38(42(41)44)22-23-45(49-43,29-12-17-33(48-3)18-13-29)30-14-19-35-28(24-30)11-10-27-8-6-7-9-34(27)35/h6-26H,4-5H2,1-3H3. The molecule has 0 radical (unpaired) electrons. The molecule has 1 aliphatic carbocycles. The lowest BCUT2D eigenvalue weighted by molar-refractivity contribution is 0.163. The zero-order chi connectivity index (χ0) is 33.5. The summed E-state index contributed by atoms with van der Waals surface area (Å²) in [5.74, 6) is 0.784. The minimum absolute atomic E-state index is 0.253. The van der Waals surface area contributed by atoms with Crippen molar-refractivity contribution in [2.45, 2.75) is 37.7 Å². The van der Waals surface area contributed by atoms with Gasteiger partial charge in [0.2, 0.25) is 0 Å². The number of benzene rings is 7. The van der Waals surface area contributed by atoms with E-state index in [0.29, 0.717) is 11.1 Å². The molecule has 0 fully saturated rings. The number of hydrogen-bond donors (Lipinski definition) is 0. The third-order valence-electron chi connectivity index (χ3n) is 11.2. The van der Waals surface area contributed by atoms with E-state index in [1.807, 2.05) is 36.4 Å². The largest absolute Gasteiger partial charge is 0.497 e. The quantitative estimate of drug-likeness (QED) is 0.174. The van der Waals surface area contributed by atoms with Crippen LogP contribution in [-0.4, -0.2) is 7.11 Å².